The Balaban J connectivity index is 1.39. The molecule has 1 aromatic carbocycles. The number of hydrogen-bond acceptors (Lipinski definition) is 4. The van der Waals surface area contributed by atoms with Crippen molar-refractivity contribution < 1.29 is 14.0 Å². The Labute approximate surface area is 166 Å². The average molecular weight is 383 g/mol. The Morgan fingerprint density at radius 2 is 1.79 bits per heavy atom. The van der Waals surface area contributed by atoms with Crippen LogP contribution in [0.3, 0.4) is 0 Å². The van der Waals surface area contributed by atoms with Crippen LogP contribution < -0.4 is 0 Å². The van der Waals surface area contributed by atoms with E-state index in [1.807, 2.05) is 41.1 Å². The summed E-state index contributed by atoms with van der Waals surface area (Å²) in [6.07, 6.45) is 3.17. The summed E-state index contributed by atoms with van der Waals surface area (Å²) in [6.45, 7) is 5.52. The number of rotatable bonds is 4. The van der Waals surface area contributed by atoms with E-state index >= 15 is 0 Å². The number of benzene rings is 1. The number of carbonyl (C=O) groups excluding carboxylic acids is 2. The number of furan rings is 1. The molecule has 6 nitrogen and oxygen atoms in total. The van der Waals surface area contributed by atoms with Gasteiger partial charge in [-0.15, -0.1) is 0 Å². The second-order valence-corrected chi connectivity index (χ2v) is 7.87. The number of piperazine rings is 1. The molecular weight excluding hydrogens is 354 g/mol. The largest absolute Gasteiger partial charge is 0.461 e. The first kappa shape index (κ1) is 19.0. The molecule has 0 aliphatic carbocycles. The minimum atomic E-state index is 0.0201. The van der Waals surface area contributed by atoms with Crippen LogP contribution in [0.1, 0.15) is 31.1 Å². The Hall–Kier alpha value is -2.34. The molecule has 0 spiro atoms. The lowest BCUT2D eigenvalue weighted by Crippen LogP contribution is -2.54. The predicted octanol–water partition coefficient (Wildman–Crippen LogP) is 2.30. The van der Waals surface area contributed by atoms with Crippen LogP contribution in [-0.4, -0.2) is 72.3 Å². The molecule has 4 rings (SSSR count). The van der Waals surface area contributed by atoms with Gasteiger partial charge in [-0.05, 0) is 32.5 Å². The molecular formula is C22H29N3O3. The fourth-order valence-corrected chi connectivity index (χ4v) is 4.50. The Kier molecular flexibility index (Phi) is 5.40. The lowest BCUT2D eigenvalue weighted by molar-refractivity contribution is -0.141. The molecule has 0 radical (unpaired) electrons. The van der Waals surface area contributed by atoms with Crippen molar-refractivity contribution in [2.75, 3.05) is 39.8 Å². The molecule has 2 aromatic rings. The monoisotopic (exact) mass is 383 g/mol. The van der Waals surface area contributed by atoms with Gasteiger partial charge >= 0.3 is 0 Å². The van der Waals surface area contributed by atoms with E-state index in [-0.39, 0.29) is 17.9 Å². The molecule has 0 N–H and O–H groups in total. The van der Waals surface area contributed by atoms with Crippen molar-refractivity contribution in [3.63, 3.8) is 0 Å². The molecule has 3 heterocycles. The third-order valence-corrected chi connectivity index (χ3v) is 6.18. The van der Waals surface area contributed by atoms with E-state index in [0.29, 0.717) is 32.6 Å². The lowest BCUT2D eigenvalue weighted by atomic mass is 10.0. The molecule has 2 aliphatic heterocycles. The normalized spacial score (nSPS) is 20.9. The van der Waals surface area contributed by atoms with Crippen molar-refractivity contribution >= 4 is 22.8 Å². The second-order valence-electron chi connectivity index (χ2n) is 7.87. The molecule has 2 aliphatic rings. The molecule has 1 atom stereocenters. The zero-order chi connectivity index (χ0) is 19.7. The van der Waals surface area contributed by atoms with E-state index < -0.39 is 0 Å². The first-order valence-electron chi connectivity index (χ1n) is 10.3. The van der Waals surface area contributed by atoms with Gasteiger partial charge in [-0.25, -0.2) is 0 Å². The number of fused-ring (bicyclic) bond motifs is 1. The maximum absolute atomic E-state index is 12.9. The lowest BCUT2D eigenvalue weighted by Gasteiger charge is -2.37. The van der Waals surface area contributed by atoms with Crippen LogP contribution in [0.25, 0.3) is 11.0 Å². The average Bonchev–Trinajstić information content (AvgIpc) is 3.31. The van der Waals surface area contributed by atoms with Crippen LogP contribution in [0, 0.1) is 0 Å². The maximum Gasteiger partial charge on any atom is 0.240 e. The highest BCUT2D eigenvalue weighted by molar-refractivity contribution is 5.89. The van der Waals surface area contributed by atoms with Gasteiger partial charge in [-0.2, -0.15) is 0 Å². The van der Waals surface area contributed by atoms with Gasteiger partial charge in [0.05, 0.1) is 12.5 Å². The molecule has 1 aromatic heterocycles. The maximum atomic E-state index is 12.9. The van der Waals surface area contributed by atoms with E-state index in [9.17, 15) is 9.59 Å². The fourth-order valence-electron chi connectivity index (χ4n) is 4.50. The number of hydrogen-bond donors (Lipinski definition) is 0. The molecule has 2 amide bonds. The number of para-hydroxylation sites is 1. The van der Waals surface area contributed by atoms with Gasteiger partial charge in [0.15, 0.2) is 0 Å². The molecule has 2 saturated heterocycles. The van der Waals surface area contributed by atoms with Crippen LogP contribution in [0.5, 0.6) is 0 Å². The van der Waals surface area contributed by atoms with Crippen LogP contribution in [0.15, 0.2) is 28.7 Å². The van der Waals surface area contributed by atoms with Crippen molar-refractivity contribution in [2.45, 2.75) is 38.6 Å². The Morgan fingerprint density at radius 3 is 2.46 bits per heavy atom. The highest BCUT2D eigenvalue weighted by Crippen LogP contribution is 2.27. The van der Waals surface area contributed by atoms with Crippen molar-refractivity contribution in [1.29, 1.82) is 0 Å². The minimum absolute atomic E-state index is 0.0201. The SMILES string of the molecule is CCc1oc2ccccc2c1CC(=O)N1CCN(C(=O)C2CCCN2C)CC1. The summed E-state index contributed by atoms with van der Waals surface area (Å²) in [5.41, 5.74) is 1.85. The summed E-state index contributed by atoms with van der Waals surface area (Å²) < 4.78 is 5.92. The summed E-state index contributed by atoms with van der Waals surface area (Å²) in [7, 11) is 2.02. The number of likely N-dealkylation sites (N-methyl/N-ethyl adjacent to an activating group) is 1. The smallest absolute Gasteiger partial charge is 0.240 e. The number of likely N-dealkylation sites (tertiary alicyclic amines) is 1. The van der Waals surface area contributed by atoms with Crippen LogP contribution in [0.2, 0.25) is 0 Å². The number of amides is 2. The van der Waals surface area contributed by atoms with Gasteiger partial charge in [0, 0.05) is 43.5 Å². The third kappa shape index (κ3) is 3.53. The zero-order valence-corrected chi connectivity index (χ0v) is 16.8. The van der Waals surface area contributed by atoms with Crippen molar-refractivity contribution in [3.8, 4) is 0 Å². The van der Waals surface area contributed by atoms with Crippen LogP contribution in [-0.2, 0) is 22.4 Å². The van der Waals surface area contributed by atoms with Crippen molar-refractivity contribution in [2.24, 2.45) is 0 Å². The number of aryl methyl sites for hydroxylation is 1. The molecule has 28 heavy (non-hydrogen) atoms. The first-order chi connectivity index (χ1) is 13.6. The summed E-state index contributed by atoms with van der Waals surface area (Å²) in [4.78, 5) is 31.6. The van der Waals surface area contributed by atoms with Crippen LogP contribution in [0.4, 0.5) is 0 Å². The topological polar surface area (TPSA) is 57.0 Å². The molecule has 1 unspecified atom stereocenters. The summed E-state index contributed by atoms with van der Waals surface area (Å²) in [5, 5.41) is 1.03. The van der Waals surface area contributed by atoms with E-state index in [0.717, 1.165) is 48.1 Å². The van der Waals surface area contributed by atoms with Gasteiger partial charge in [-0.1, -0.05) is 25.1 Å². The molecule has 2 fully saturated rings. The quantitative estimate of drug-likeness (QED) is 0.813. The van der Waals surface area contributed by atoms with Gasteiger partial charge in [0.25, 0.3) is 0 Å². The van der Waals surface area contributed by atoms with E-state index in [2.05, 4.69) is 11.8 Å². The number of nitrogens with zero attached hydrogens (tertiary/aromatic N) is 3. The first-order valence-corrected chi connectivity index (χ1v) is 10.3. The summed E-state index contributed by atoms with van der Waals surface area (Å²) in [5.74, 6) is 1.24. The Bertz CT molecular complexity index is 867. The van der Waals surface area contributed by atoms with Crippen molar-refractivity contribution in [3.05, 3.63) is 35.6 Å². The van der Waals surface area contributed by atoms with E-state index in [1.54, 1.807) is 0 Å². The molecule has 0 saturated carbocycles. The molecule has 6 heteroatoms. The standard InChI is InChI=1S/C22H29N3O3/c1-3-19-17(16-7-4-5-9-20(16)28-19)15-21(26)24-11-13-25(14-12-24)22(27)18-8-6-10-23(18)2/h4-5,7,9,18H,3,6,8,10-15H2,1-2H3. The fraction of sp³-hybridized carbons (Fsp3) is 0.545. The minimum Gasteiger partial charge on any atom is -0.461 e. The van der Waals surface area contributed by atoms with Gasteiger partial charge < -0.3 is 14.2 Å². The highest BCUT2D eigenvalue weighted by atomic mass is 16.3. The van der Waals surface area contributed by atoms with Gasteiger partial charge in [-0.3, -0.25) is 14.5 Å². The van der Waals surface area contributed by atoms with Crippen molar-refractivity contribution in [1.82, 2.24) is 14.7 Å². The van der Waals surface area contributed by atoms with Gasteiger partial charge in [0.2, 0.25) is 11.8 Å². The summed E-state index contributed by atoms with van der Waals surface area (Å²) in [6, 6.07) is 7.93. The van der Waals surface area contributed by atoms with Crippen LogP contribution >= 0.6 is 0 Å². The highest BCUT2D eigenvalue weighted by Gasteiger charge is 2.33. The second kappa shape index (κ2) is 7.95. The molecule has 150 valence electrons. The third-order valence-electron chi connectivity index (χ3n) is 6.18. The van der Waals surface area contributed by atoms with Gasteiger partial charge in [0.1, 0.15) is 11.3 Å². The zero-order valence-electron chi connectivity index (χ0n) is 16.8. The predicted molar refractivity (Wildman–Crippen MR) is 108 cm³/mol. The van der Waals surface area contributed by atoms with E-state index in [1.165, 1.54) is 0 Å². The summed E-state index contributed by atoms with van der Waals surface area (Å²) >= 11 is 0. The molecule has 0 bridgehead atoms. The Morgan fingerprint density at radius 1 is 1.07 bits per heavy atom. The number of carbonyl (C=O) groups is 2. The van der Waals surface area contributed by atoms with E-state index in [4.69, 9.17) is 4.42 Å².